The molecule has 0 fully saturated rings. The van der Waals surface area contributed by atoms with E-state index in [1.807, 2.05) is 26.8 Å². The van der Waals surface area contributed by atoms with Crippen LogP contribution in [0.25, 0.3) is 0 Å². The lowest BCUT2D eigenvalue weighted by Crippen LogP contribution is -2.22. The van der Waals surface area contributed by atoms with Crippen LogP contribution in [-0.4, -0.2) is 25.4 Å². The van der Waals surface area contributed by atoms with E-state index in [2.05, 4.69) is 5.32 Å². The van der Waals surface area contributed by atoms with Crippen LogP contribution in [0.3, 0.4) is 0 Å². The van der Waals surface area contributed by atoms with Gasteiger partial charge in [-0.15, -0.1) is 0 Å². The molecule has 0 unspecified atom stereocenters. The highest BCUT2D eigenvalue weighted by Crippen LogP contribution is 2.32. The molecule has 0 aliphatic rings. The fourth-order valence-electron chi connectivity index (χ4n) is 1.72. The number of halogens is 3. The molecule has 0 aliphatic heterocycles. The molecule has 1 aromatic rings. The number of ether oxygens (including phenoxy) is 2. The van der Waals surface area contributed by atoms with Gasteiger partial charge in [-0.1, -0.05) is 26.0 Å². The number of benzene rings is 1. The van der Waals surface area contributed by atoms with E-state index in [4.69, 9.17) is 9.47 Å². The van der Waals surface area contributed by atoms with E-state index in [1.165, 1.54) is 0 Å². The van der Waals surface area contributed by atoms with Gasteiger partial charge < -0.3 is 14.8 Å². The van der Waals surface area contributed by atoms with Crippen LogP contribution < -0.4 is 14.8 Å². The Morgan fingerprint density at radius 3 is 2.48 bits per heavy atom. The summed E-state index contributed by atoms with van der Waals surface area (Å²) in [6.45, 7) is 6.34. The third kappa shape index (κ3) is 6.71. The Balaban J connectivity index is 2.83. The number of alkyl halides is 3. The van der Waals surface area contributed by atoms with Crippen molar-refractivity contribution in [1.29, 1.82) is 0 Å². The molecule has 0 heterocycles. The van der Waals surface area contributed by atoms with Crippen molar-refractivity contribution in [1.82, 2.24) is 5.32 Å². The lowest BCUT2D eigenvalue weighted by atomic mass is 10.1. The molecular formula is C15H22F3NO2. The normalized spacial score (nSPS) is 11.8. The Labute approximate surface area is 123 Å². The Morgan fingerprint density at radius 2 is 1.90 bits per heavy atom. The van der Waals surface area contributed by atoms with Crippen LogP contribution in [0.2, 0.25) is 0 Å². The zero-order valence-corrected chi connectivity index (χ0v) is 12.6. The van der Waals surface area contributed by atoms with E-state index >= 15 is 0 Å². The molecule has 6 heteroatoms. The van der Waals surface area contributed by atoms with Gasteiger partial charge in [-0.05, 0) is 13.0 Å². The molecule has 1 rings (SSSR count). The Bertz CT molecular complexity index is 433. The summed E-state index contributed by atoms with van der Waals surface area (Å²) in [6, 6.07) is 5.59. The number of para-hydroxylation sites is 1. The van der Waals surface area contributed by atoms with Crippen molar-refractivity contribution < 1.29 is 22.6 Å². The fraction of sp³-hybridized carbons (Fsp3) is 0.600. The molecule has 0 radical (unpaired) electrons. The summed E-state index contributed by atoms with van der Waals surface area (Å²) in [6.07, 6.45) is -5.21. The zero-order chi connectivity index (χ0) is 15.9. The quantitative estimate of drug-likeness (QED) is 0.790. The van der Waals surface area contributed by atoms with Crippen molar-refractivity contribution >= 4 is 0 Å². The van der Waals surface area contributed by atoms with Crippen molar-refractivity contribution in [2.24, 2.45) is 0 Å². The van der Waals surface area contributed by atoms with Crippen molar-refractivity contribution in [3.63, 3.8) is 0 Å². The van der Waals surface area contributed by atoms with Crippen LogP contribution in [0.5, 0.6) is 11.5 Å². The molecule has 120 valence electrons. The predicted molar refractivity (Wildman–Crippen MR) is 75.8 cm³/mol. The van der Waals surface area contributed by atoms with Gasteiger partial charge in [-0.3, -0.25) is 0 Å². The van der Waals surface area contributed by atoms with Crippen LogP contribution in [0.15, 0.2) is 18.2 Å². The monoisotopic (exact) mass is 305 g/mol. The third-order valence-corrected chi connectivity index (χ3v) is 2.69. The van der Waals surface area contributed by atoms with E-state index in [-0.39, 0.29) is 6.04 Å². The van der Waals surface area contributed by atoms with Gasteiger partial charge in [0.25, 0.3) is 0 Å². The number of hydrogen-bond acceptors (Lipinski definition) is 3. The van der Waals surface area contributed by atoms with Gasteiger partial charge in [0.05, 0.1) is 19.6 Å². The second-order valence-corrected chi connectivity index (χ2v) is 4.93. The smallest absolute Gasteiger partial charge is 0.392 e. The molecule has 0 atom stereocenters. The highest BCUT2D eigenvalue weighted by Gasteiger charge is 2.27. The van der Waals surface area contributed by atoms with E-state index in [9.17, 15) is 13.2 Å². The molecule has 0 saturated carbocycles. The van der Waals surface area contributed by atoms with Crippen LogP contribution in [0.1, 0.15) is 32.8 Å². The summed E-state index contributed by atoms with van der Waals surface area (Å²) in [7, 11) is 0. The molecule has 1 aromatic carbocycles. The Kier molecular flexibility index (Phi) is 6.81. The molecular weight excluding hydrogens is 283 g/mol. The first-order valence-electron chi connectivity index (χ1n) is 7.01. The van der Waals surface area contributed by atoms with E-state index in [0.29, 0.717) is 24.7 Å². The molecule has 0 spiro atoms. The first-order valence-corrected chi connectivity index (χ1v) is 7.01. The van der Waals surface area contributed by atoms with Gasteiger partial charge in [-0.25, -0.2) is 0 Å². The average molecular weight is 305 g/mol. The maximum atomic E-state index is 12.2. The lowest BCUT2D eigenvalue weighted by Gasteiger charge is -2.17. The fourth-order valence-corrected chi connectivity index (χ4v) is 1.72. The molecule has 1 N–H and O–H groups in total. The van der Waals surface area contributed by atoms with Crippen LogP contribution in [-0.2, 0) is 6.54 Å². The predicted octanol–water partition coefficient (Wildman–Crippen LogP) is 3.91. The summed E-state index contributed by atoms with van der Waals surface area (Å²) in [4.78, 5) is 0. The highest BCUT2D eigenvalue weighted by atomic mass is 19.4. The van der Waals surface area contributed by atoms with Crippen molar-refractivity contribution in [3.8, 4) is 11.5 Å². The molecule has 0 aliphatic carbocycles. The highest BCUT2D eigenvalue weighted by molar-refractivity contribution is 5.46. The van der Waals surface area contributed by atoms with Crippen molar-refractivity contribution in [2.45, 2.75) is 46.0 Å². The van der Waals surface area contributed by atoms with Gasteiger partial charge in [0.1, 0.15) is 0 Å². The summed E-state index contributed by atoms with van der Waals surface area (Å²) in [5.41, 5.74) is 0.789. The van der Waals surface area contributed by atoms with Crippen LogP contribution in [0.4, 0.5) is 13.2 Å². The summed E-state index contributed by atoms with van der Waals surface area (Å²) in [5, 5.41) is 3.22. The minimum atomic E-state index is -4.23. The van der Waals surface area contributed by atoms with E-state index in [0.717, 1.165) is 5.56 Å². The summed E-state index contributed by atoms with van der Waals surface area (Å²) < 4.78 is 47.5. The molecule has 0 aromatic heterocycles. The molecule has 0 bridgehead atoms. The minimum Gasteiger partial charge on any atom is -0.490 e. The number of rotatable bonds is 8. The van der Waals surface area contributed by atoms with Crippen molar-refractivity contribution in [2.75, 3.05) is 13.2 Å². The van der Waals surface area contributed by atoms with E-state index < -0.39 is 19.2 Å². The molecule has 3 nitrogen and oxygen atoms in total. The largest absolute Gasteiger partial charge is 0.490 e. The maximum absolute atomic E-state index is 12.2. The minimum absolute atomic E-state index is 0.267. The van der Waals surface area contributed by atoms with E-state index in [1.54, 1.807) is 12.1 Å². The second kappa shape index (κ2) is 8.12. The maximum Gasteiger partial charge on any atom is 0.392 e. The first kappa shape index (κ1) is 17.6. The van der Waals surface area contributed by atoms with Crippen LogP contribution >= 0.6 is 0 Å². The third-order valence-electron chi connectivity index (χ3n) is 2.69. The van der Waals surface area contributed by atoms with Gasteiger partial charge in [0.2, 0.25) is 0 Å². The zero-order valence-electron chi connectivity index (χ0n) is 12.6. The summed E-state index contributed by atoms with van der Waals surface area (Å²) >= 11 is 0. The summed E-state index contributed by atoms with van der Waals surface area (Å²) in [5.74, 6) is 0.861. The number of hydrogen-bond donors (Lipinski definition) is 1. The topological polar surface area (TPSA) is 30.5 Å². The lowest BCUT2D eigenvalue weighted by molar-refractivity contribution is -0.139. The first-order chi connectivity index (χ1) is 9.83. The molecule has 21 heavy (non-hydrogen) atoms. The van der Waals surface area contributed by atoms with Gasteiger partial charge in [-0.2, -0.15) is 13.2 Å². The Morgan fingerprint density at radius 1 is 1.19 bits per heavy atom. The molecule has 0 saturated heterocycles. The van der Waals surface area contributed by atoms with Crippen molar-refractivity contribution in [3.05, 3.63) is 23.8 Å². The van der Waals surface area contributed by atoms with Gasteiger partial charge >= 0.3 is 6.18 Å². The second-order valence-electron chi connectivity index (χ2n) is 4.93. The molecule has 0 amide bonds. The average Bonchev–Trinajstić information content (AvgIpc) is 2.37. The SMILES string of the molecule is CCOc1cccc(CNC(C)C)c1OCCC(F)(F)F. The standard InChI is InChI=1S/C15H22F3NO2/c1-4-20-13-7-5-6-12(10-19-11(2)3)14(13)21-9-8-15(16,17)18/h5-7,11,19H,4,8-10H2,1-3H3. The van der Waals surface area contributed by atoms with Crippen LogP contribution in [0, 0.1) is 0 Å². The number of nitrogens with one attached hydrogen (secondary N) is 1. The Hall–Kier alpha value is -1.43. The van der Waals surface area contributed by atoms with Gasteiger partial charge in [0.15, 0.2) is 11.5 Å². The van der Waals surface area contributed by atoms with Gasteiger partial charge in [0, 0.05) is 18.2 Å².